The first kappa shape index (κ1) is 8.97. The van der Waals surface area contributed by atoms with Crippen molar-refractivity contribution >= 4 is 10.9 Å². The summed E-state index contributed by atoms with van der Waals surface area (Å²) in [5.41, 5.74) is 1.69. The molecule has 0 aliphatic rings. The molecule has 3 nitrogen and oxygen atoms in total. The molecule has 0 fully saturated rings. The molecule has 0 radical (unpaired) electrons. The first-order valence-electron chi connectivity index (χ1n) is 4.41. The van der Waals surface area contributed by atoms with Crippen LogP contribution in [0.1, 0.15) is 5.69 Å². The summed E-state index contributed by atoms with van der Waals surface area (Å²) >= 11 is 0. The molecule has 0 bridgehead atoms. The van der Waals surface area contributed by atoms with Crippen LogP contribution in [-0.4, -0.2) is 12.1 Å². The van der Waals surface area contributed by atoms with Crippen LogP contribution in [0.15, 0.2) is 35.1 Å². The van der Waals surface area contributed by atoms with Gasteiger partial charge in [-0.25, -0.2) is 0 Å². The Morgan fingerprint density at radius 1 is 1.36 bits per heavy atom. The number of aromatic amines is 1. The Morgan fingerprint density at radius 3 is 2.93 bits per heavy atom. The van der Waals surface area contributed by atoms with E-state index in [2.05, 4.69) is 4.98 Å². The Kier molecular flexibility index (Phi) is 2.33. The number of nitrogens with one attached hydrogen (secondary N) is 1. The fourth-order valence-electron chi connectivity index (χ4n) is 1.49. The van der Waals surface area contributed by atoms with Gasteiger partial charge in [-0.2, -0.15) is 0 Å². The lowest BCUT2D eigenvalue weighted by atomic mass is 10.2. The van der Waals surface area contributed by atoms with Gasteiger partial charge in [0.15, 0.2) is 5.43 Å². The van der Waals surface area contributed by atoms with Crippen molar-refractivity contribution in [2.45, 2.75) is 6.61 Å². The molecule has 1 N–H and O–H groups in total. The Hall–Kier alpha value is -1.61. The number of rotatable bonds is 2. The Morgan fingerprint density at radius 2 is 2.14 bits per heavy atom. The van der Waals surface area contributed by atoms with E-state index in [1.54, 1.807) is 13.2 Å². The summed E-state index contributed by atoms with van der Waals surface area (Å²) in [6.45, 7) is 0.431. The third-order valence-corrected chi connectivity index (χ3v) is 2.09. The van der Waals surface area contributed by atoms with Gasteiger partial charge in [-0.3, -0.25) is 4.79 Å². The zero-order chi connectivity index (χ0) is 9.97. The minimum Gasteiger partial charge on any atom is -0.378 e. The van der Waals surface area contributed by atoms with Crippen molar-refractivity contribution in [3.8, 4) is 0 Å². The summed E-state index contributed by atoms with van der Waals surface area (Å²) in [5, 5.41) is 0.715. The number of pyridine rings is 1. The molecule has 1 aromatic carbocycles. The third-order valence-electron chi connectivity index (χ3n) is 2.09. The Labute approximate surface area is 81.3 Å². The first-order chi connectivity index (χ1) is 6.81. The van der Waals surface area contributed by atoms with E-state index in [4.69, 9.17) is 4.74 Å². The molecule has 14 heavy (non-hydrogen) atoms. The van der Waals surface area contributed by atoms with Crippen molar-refractivity contribution in [1.29, 1.82) is 0 Å². The zero-order valence-electron chi connectivity index (χ0n) is 7.91. The van der Waals surface area contributed by atoms with Gasteiger partial charge in [0, 0.05) is 29.8 Å². The number of para-hydroxylation sites is 1. The van der Waals surface area contributed by atoms with E-state index >= 15 is 0 Å². The zero-order valence-corrected chi connectivity index (χ0v) is 7.91. The van der Waals surface area contributed by atoms with Crippen LogP contribution in [0, 0.1) is 0 Å². The van der Waals surface area contributed by atoms with Crippen molar-refractivity contribution < 1.29 is 4.74 Å². The van der Waals surface area contributed by atoms with Gasteiger partial charge in [0.25, 0.3) is 0 Å². The average Bonchev–Trinajstić information content (AvgIpc) is 2.18. The van der Waals surface area contributed by atoms with Crippen molar-refractivity contribution in [2.75, 3.05) is 7.11 Å². The van der Waals surface area contributed by atoms with E-state index in [1.807, 2.05) is 24.3 Å². The summed E-state index contributed by atoms with van der Waals surface area (Å²) in [6.07, 6.45) is 0. The molecule has 0 amide bonds. The van der Waals surface area contributed by atoms with Gasteiger partial charge in [-0.15, -0.1) is 0 Å². The Bertz CT molecular complexity index is 502. The number of H-pyrrole nitrogens is 1. The molecule has 1 aromatic heterocycles. The van der Waals surface area contributed by atoms with Crippen LogP contribution >= 0.6 is 0 Å². The van der Waals surface area contributed by atoms with Crippen molar-refractivity contribution in [1.82, 2.24) is 4.98 Å². The lowest BCUT2D eigenvalue weighted by Crippen LogP contribution is -2.05. The van der Waals surface area contributed by atoms with Crippen LogP contribution in [0.4, 0.5) is 0 Å². The van der Waals surface area contributed by atoms with E-state index in [1.165, 1.54) is 0 Å². The quantitative estimate of drug-likeness (QED) is 0.780. The summed E-state index contributed by atoms with van der Waals surface area (Å²) < 4.78 is 4.96. The van der Waals surface area contributed by atoms with Crippen molar-refractivity contribution in [3.63, 3.8) is 0 Å². The van der Waals surface area contributed by atoms with Gasteiger partial charge in [0.2, 0.25) is 0 Å². The maximum atomic E-state index is 11.6. The van der Waals surface area contributed by atoms with Gasteiger partial charge < -0.3 is 9.72 Å². The SMILES string of the molecule is COCc1cc(=O)c2ccccc2[nH]1. The molecule has 2 rings (SSSR count). The highest BCUT2D eigenvalue weighted by atomic mass is 16.5. The predicted molar refractivity (Wildman–Crippen MR) is 55.3 cm³/mol. The number of hydrogen-bond donors (Lipinski definition) is 1. The number of aromatic nitrogens is 1. The molecule has 0 saturated heterocycles. The molecular weight excluding hydrogens is 178 g/mol. The second-order valence-corrected chi connectivity index (χ2v) is 3.14. The minimum atomic E-state index is 0.0337. The summed E-state index contributed by atoms with van der Waals surface area (Å²) in [6, 6.07) is 9.02. The van der Waals surface area contributed by atoms with E-state index < -0.39 is 0 Å². The maximum Gasteiger partial charge on any atom is 0.189 e. The summed E-state index contributed by atoms with van der Waals surface area (Å²) in [7, 11) is 1.60. The van der Waals surface area contributed by atoms with Gasteiger partial charge in [0.1, 0.15) is 0 Å². The van der Waals surface area contributed by atoms with Crippen LogP contribution in [0.2, 0.25) is 0 Å². The molecule has 72 valence electrons. The largest absolute Gasteiger partial charge is 0.378 e. The van der Waals surface area contributed by atoms with E-state index in [9.17, 15) is 4.79 Å². The normalized spacial score (nSPS) is 10.6. The van der Waals surface area contributed by atoms with Gasteiger partial charge >= 0.3 is 0 Å². The molecule has 0 spiro atoms. The molecule has 2 aromatic rings. The van der Waals surface area contributed by atoms with Crippen molar-refractivity contribution in [3.05, 3.63) is 46.2 Å². The molecule has 0 atom stereocenters. The van der Waals surface area contributed by atoms with Crippen LogP contribution in [0.3, 0.4) is 0 Å². The van der Waals surface area contributed by atoms with Crippen LogP contribution in [-0.2, 0) is 11.3 Å². The average molecular weight is 189 g/mol. The molecular formula is C11H11NO2. The van der Waals surface area contributed by atoms with E-state index in [-0.39, 0.29) is 5.43 Å². The van der Waals surface area contributed by atoms with E-state index in [0.29, 0.717) is 12.0 Å². The second-order valence-electron chi connectivity index (χ2n) is 3.14. The number of methoxy groups -OCH3 is 1. The highest BCUT2D eigenvalue weighted by Gasteiger charge is 2.00. The number of ether oxygens (including phenoxy) is 1. The fourth-order valence-corrected chi connectivity index (χ4v) is 1.49. The van der Waals surface area contributed by atoms with Gasteiger partial charge in [0.05, 0.1) is 6.61 Å². The lowest BCUT2D eigenvalue weighted by molar-refractivity contribution is 0.181. The Balaban J connectivity index is 2.66. The molecule has 0 saturated carbocycles. The first-order valence-corrected chi connectivity index (χ1v) is 4.41. The second kappa shape index (κ2) is 3.64. The smallest absolute Gasteiger partial charge is 0.189 e. The summed E-state index contributed by atoms with van der Waals surface area (Å²) in [4.78, 5) is 14.7. The number of hydrogen-bond acceptors (Lipinski definition) is 2. The topological polar surface area (TPSA) is 42.1 Å². The lowest BCUT2D eigenvalue weighted by Gasteiger charge is -2.02. The van der Waals surface area contributed by atoms with Gasteiger partial charge in [-0.1, -0.05) is 12.1 Å². The standard InChI is InChI=1S/C11H11NO2/c1-14-7-8-6-11(13)9-4-2-3-5-10(9)12-8/h2-6H,7H2,1H3,(H,12,13). The number of benzene rings is 1. The highest BCUT2D eigenvalue weighted by molar-refractivity contribution is 5.78. The monoisotopic (exact) mass is 189 g/mol. The van der Waals surface area contributed by atoms with E-state index in [0.717, 1.165) is 11.2 Å². The van der Waals surface area contributed by atoms with Crippen LogP contribution in [0.25, 0.3) is 10.9 Å². The van der Waals surface area contributed by atoms with Crippen LogP contribution < -0.4 is 5.43 Å². The summed E-state index contributed by atoms with van der Waals surface area (Å²) in [5.74, 6) is 0. The molecule has 0 aliphatic heterocycles. The maximum absolute atomic E-state index is 11.6. The minimum absolute atomic E-state index is 0.0337. The highest BCUT2D eigenvalue weighted by Crippen LogP contribution is 2.07. The number of fused-ring (bicyclic) bond motifs is 1. The molecule has 1 heterocycles. The molecule has 0 unspecified atom stereocenters. The van der Waals surface area contributed by atoms with Crippen molar-refractivity contribution in [2.24, 2.45) is 0 Å². The third kappa shape index (κ3) is 1.54. The molecule has 3 heteroatoms. The molecule has 0 aliphatic carbocycles. The van der Waals surface area contributed by atoms with Crippen LogP contribution in [0.5, 0.6) is 0 Å². The fraction of sp³-hybridized carbons (Fsp3) is 0.182. The van der Waals surface area contributed by atoms with Gasteiger partial charge in [-0.05, 0) is 12.1 Å². The predicted octanol–water partition coefficient (Wildman–Crippen LogP) is 1.67.